The van der Waals surface area contributed by atoms with Crippen molar-refractivity contribution < 1.29 is 10.1 Å². The molecule has 1 aliphatic heterocycles. The van der Waals surface area contributed by atoms with Gasteiger partial charge in [-0.15, -0.1) is 0 Å². The predicted molar refractivity (Wildman–Crippen MR) is 68.6 cm³/mol. The van der Waals surface area contributed by atoms with E-state index >= 15 is 0 Å². The van der Waals surface area contributed by atoms with Gasteiger partial charge in [0.1, 0.15) is 0 Å². The summed E-state index contributed by atoms with van der Waals surface area (Å²) >= 11 is 0. The van der Waals surface area contributed by atoms with Crippen LogP contribution in [0.3, 0.4) is 0 Å². The largest absolute Gasteiger partial charge is 0.316 e. The second-order valence-electron chi connectivity index (χ2n) is 5.86. The minimum absolute atomic E-state index is 0.176. The van der Waals surface area contributed by atoms with Gasteiger partial charge in [0, 0.05) is 24.3 Å². The third-order valence-corrected chi connectivity index (χ3v) is 4.39. The number of hydrogen-bond acceptors (Lipinski definition) is 5. The number of benzene rings is 1. The number of hydroxylamine groups is 1. The van der Waals surface area contributed by atoms with Crippen molar-refractivity contribution in [1.29, 1.82) is 0 Å². The second kappa shape index (κ2) is 4.00. The van der Waals surface area contributed by atoms with Crippen LogP contribution >= 0.6 is 0 Å². The quantitative estimate of drug-likeness (QED) is 0.608. The Bertz CT molecular complexity index is 536. The third kappa shape index (κ3) is 1.68. The highest BCUT2D eigenvalue weighted by atomic mass is 16.6. The number of hydrogen-bond donors (Lipinski definition) is 2. The van der Waals surface area contributed by atoms with Crippen LogP contribution in [0.4, 0.5) is 0 Å². The van der Waals surface area contributed by atoms with Crippen molar-refractivity contribution in [3.05, 3.63) is 45.5 Å². The van der Waals surface area contributed by atoms with E-state index in [1.807, 2.05) is 36.2 Å². The van der Waals surface area contributed by atoms with Crippen LogP contribution in [0, 0.1) is 10.1 Å². The van der Waals surface area contributed by atoms with Gasteiger partial charge in [0.25, 0.3) is 0 Å². The van der Waals surface area contributed by atoms with Gasteiger partial charge in [0.05, 0.1) is 12.1 Å². The summed E-state index contributed by atoms with van der Waals surface area (Å²) in [6.45, 7) is 0.980. The van der Waals surface area contributed by atoms with Crippen LogP contribution < -0.4 is 5.48 Å². The highest BCUT2D eigenvalue weighted by Crippen LogP contribution is 2.45. The van der Waals surface area contributed by atoms with Gasteiger partial charge in [0.2, 0.25) is 5.54 Å². The zero-order chi connectivity index (χ0) is 13.7. The Morgan fingerprint density at radius 2 is 2.16 bits per heavy atom. The molecule has 1 saturated heterocycles. The molecule has 6 nitrogen and oxygen atoms in total. The molecule has 0 aromatic heterocycles. The summed E-state index contributed by atoms with van der Waals surface area (Å²) in [4.78, 5) is 13.3. The fourth-order valence-electron chi connectivity index (χ4n) is 3.81. The minimum atomic E-state index is -1.02. The lowest BCUT2D eigenvalue weighted by molar-refractivity contribution is -0.579. The molecule has 0 radical (unpaired) electrons. The molecule has 3 rings (SSSR count). The molecule has 102 valence electrons. The summed E-state index contributed by atoms with van der Waals surface area (Å²) in [5.41, 5.74) is 2.54. The van der Waals surface area contributed by atoms with Crippen molar-refractivity contribution in [2.45, 2.75) is 23.9 Å². The summed E-state index contributed by atoms with van der Waals surface area (Å²) in [7, 11) is 1.86. The molecular weight excluding hydrogens is 246 g/mol. The van der Waals surface area contributed by atoms with E-state index in [1.54, 1.807) is 0 Å². The first kappa shape index (κ1) is 12.5. The zero-order valence-corrected chi connectivity index (χ0v) is 10.8. The summed E-state index contributed by atoms with van der Waals surface area (Å²) in [5, 5.41) is 21.2. The number of nitrogens with zero attached hydrogens (tertiary/aromatic N) is 2. The van der Waals surface area contributed by atoms with Crippen molar-refractivity contribution in [3.63, 3.8) is 0 Å². The number of likely N-dealkylation sites (N-methyl/N-ethyl adjacent to an activating group) is 1. The van der Waals surface area contributed by atoms with Gasteiger partial charge < -0.3 is 5.21 Å². The van der Waals surface area contributed by atoms with Gasteiger partial charge in [0.15, 0.2) is 0 Å². The van der Waals surface area contributed by atoms with E-state index < -0.39 is 11.1 Å². The minimum Gasteiger partial charge on any atom is -0.316 e. The van der Waals surface area contributed by atoms with E-state index in [0.29, 0.717) is 25.9 Å². The molecule has 1 heterocycles. The molecule has 0 amide bonds. The van der Waals surface area contributed by atoms with E-state index in [-0.39, 0.29) is 4.92 Å². The highest BCUT2D eigenvalue weighted by Gasteiger charge is 2.59. The maximum atomic E-state index is 11.6. The zero-order valence-electron chi connectivity index (χ0n) is 10.8. The van der Waals surface area contributed by atoms with Crippen LogP contribution in [-0.4, -0.2) is 40.7 Å². The van der Waals surface area contributed by atoms with Crippen molar-refractivity contribution >= 4 is 0 Å². The lowest BCUT2D eigenvalue weighted by Crippen LogP contribution is -2.67. The maximum absolute atomic E-state index is 11.6. The Morgan fingerprint density at radius 1 is 1.42 bits per heavy atom. The molecule has 19 heavy (non-hydrogen) atoms. The topological polar surface area (TPSA) is 78.6 Å². The molecule has 0 saturated carbocycles. The lowest BCUT2D eigenvalue weighted by Gasteiger charge is -2.50. The molecule has 1 aromatic carbocycles. The Hall–Kier alpha value is -1.50. The molecule has 2 N–H and O–H groups in total. The van der Waals surface area contributed by atoms with E-state index in [2.05, 4.69) is 5.48 Å². The normalized spacial score (nSPS) is 33.8. The number of nitrogens with one attached hydrogen (secondary N) is 1. The van der Waals surface area contributed by atoms with E-state index in [9.17, 15) is 15.3 Å². The Kier molecular flexibility index (Phi) is 2.63. The number of rotatable bonds is 2. The average molecular weight is 263 g/mol. The van der Waals surface area contributed by atoms with Gasteiger partial charge in [-0.2, -0.15) is 5.48 Å². The number of piperidine rings is 1. The van der Waals surface area contributed by atoms with Crippen molar-refractivity contribution in [3.8, 4) is 0 Å². The summed E-state index contributed by atoms with van der Waals surface area (Å²) in [6, 6.07) is 7.67. The summed E-state index contributed by atoms with van der Waals surface area (Å²) < 4.78 is 0. The predicted octanol–water partition coefficient (Wildman–Crippen LogP) is 0.768. The van der Waals surface area contributed by atoms with E-state index in [1.165, 1.54) is 0 Å². The van der Waals surface area contributed by atoms with Gasteiger partial charge in [-0.25, -0.2) is 0 Å². The van der Waals surface area contributed by atoms with Crippen LogP contribution in [0.1, 0.15) is 17.5 Å². The Morgan fingerprint density at radius 3 is 2.84 bits per heavy atom. The fourth-order valence-corrected chi connectivity index (χ4v) is 3.81. The van der Waals surface area contributed by atoms with Crippen molar-refractivity contribution in [2.24, 2.45) is 0 Å². The van der Waals surface area contributed by atoms with Crippen LogP contribution in [0.15, 0.2) is 24.3 Å². The molecule has 2 unspecified atom stereocenters. The van der Waals surface area contributed by atoms with Crippen LogP contribution in [0.5, 0.6) is 0 Å². The van der Waals surface area contributed by atoms with Gasteiger partial charge in [-0.1, -0.05) is 24.3 Å². The Balaban J connectivity index is 2.19. The molecular formula is C13H17N3O3. The molecule has 6 heteroatoms. The molecule has 2 aliphatic rings. The molecule has 1 fully saturated rings. The summed E-state index contributed by atoms with van der Waals surface area (Å²) in [5.74, 6) is 0. The van der Waals surface area contributed by atoms with Gasteiger partial charge in [-0.05, 0) is 18.2 Å². The van der Waals surface area contributed by atoms with Crippen molar-refractivity contribution in [2.75, 3.05) is 20.1 Å². The standard InChI is InChI=1S/C13H17N3O3/c1-15-8-12(16(18)19)6-10-4-2-3-5-11(10)13(7-12,9-15)14-17/h2-5,14,17H,6-9H2,1H3. The maximum Gasteiger partial charge on any atom is 0.240 e. The SMILES string of the molecule is CN1CC2(NO)CC([N+](=O)[O-])(Cc3ccccc32)C1. The number of fused-ring (bicyclic) bond motifs is 4. The summed E-state index contributed by atoms with van der Waals surface area (Å²) in [6.07, 6.45) is 0.745. The Labute approximate surface area is 111 Å². The monoisotopic (exact) mass is 263 g/mol. The molecule has 1 aliphatic carbocycles. The second-order valence-corrected chi connectivity index (χ2v) is 5.86. The van der Waals surface area contributed by atoms with Crippen LogP contribution in [-0.2, 0) is 12.0 Å². The first-order chi connectivity index (χ1) is 9.01. The van der Waals surface area contributed by atoms with Gasteiger partial charge in [-0.3, -0.25) is 15.0 Å². The van der Waals surface area contributed by atoms with Crippen molar-refractivity contribution in [1.82, 2.24) is 10.4 Å². The smallest absolute Gasteiger partial charge is 0.240 e. The molecule has 1 aromatic rings. The first-order valence-electron chi connectivity index (χ1n) is 6.34. The molecule has 0 spiro atoms. The number of nitro groups is 1. The van der Waals surface area contributed by atoms with Gasteiger partial charge >= 0.3 is 0 Å². The van der Waals surface area contributed by atoms with Crippen LogP contribution in [0.2, 0.25) is 0 Å². The average Bonchev–Trinajstić information content (AvgIpc) is 2.38. The van der Waals surface area contributed by atoms with Crippen LogP contribution in [0.25, 0.3) is 0 Å². The number of likely N-dealkylation sites (tertiary alicyclic amines) is 1. The molecule has 2 bridgehead atoms. The third-order valence-electron chi connectivity index (χ3n) is 4.39. The highest BCUT2D eigenvalue weighted by molar-refractivity contribution is 5.40. The molecule has 2 atom stereocenters. The first-order valence-corrected chi connectivity index (χ1v) is 6.34. The van der Waals surface area contributed by atoms with E-state index in [0.717, 1.165) is 11.1 Å². The fraction of sp³-hybridized carbons (Fsp3) is 0.538. The van der Waals surface area contributed by atoms with E-state index in [4.69, 9.17) is 0 Å². The lowest BCUT2D eigenvalue weighted by atomic mass is 9.65.